The lowest BCUT2D eigenvalue weighted by Gasteiger charge is -2.31. The third-order valence-corrected chi connectivity index (χ3v) is 4.74. The van der Waals surface area contributed by atoms with Gasteiger partial charge in [0.1, 0.15) is 11.7 Å². The van der Waals surface area contributed by atoms with Gasteiger partial charge in [0.05, 0.1) is 16.5 Å². The molecule has 0 amide bonds. The Balaban J connectivity index is 2.02. The molecule has 0 saturated heterocycles. The van der Waals surface area contributed by atoms with Crippen LogP contribution in [-0.4, -0.2) is 0 Å². The number of rotatable bonds is 1. The Morgan fingerprint density at radius 1 is 1.29 bits per heavy atom. The molecule has 2 heterocycles. The van der Waals surface area contributed by atoms with E-state index in [0.29, 0.717) is 27.9 Å². The van der Waals surface area contributed by atoms with Gasteiger partial charge in [0.2, 0.25) is 5.88 Å². The highest BCUT2D eigenvalue weighted by Crippen LogP contribution is 2.45. The molecule has 1 aromatic heterocycles. The molecule has 120 valence electrons. The molecule has 0 saturated carbocycles. The van der Waals surface area contributed by atoms with Crippen molar-refractivity contribution in [3.63, 3.8) is 0 Å². The molecular formula is C19H16N2O3. The average molecular weight is 320 g/mol. The Bertz CT molecular complexity index is 978. The molecule has 2 aliphatic rings. The first-order valence-corrected chi connectivity index (χ1v) is 8.00. The topological polar surface area (TPSA) is 89.3 Å². The summed E-state index contributed by atoms with van der Waals surface area (Å²) >= 11 is 0. The summed E-state index contributed by atoms with van der Waals surface area (Å²) in [6, 6.07) is 9.32. The molecule has 5 nitrogen and oxygen atoms in total. The Labute approximate surface area is 138 Å². The molecule has 1 aromatic carbocycles. The number of para-hydroxylation sites is 1. The number of nitriles is 1. The summed E-state index contributed by atoms with van der Waals surface area (Å²) in [7, 11) is 0. The molecule has 2 atom stereocenters. The van der Waals surface area contributed by atoms with Crippen LogP contribution < -0.4 is 16.1 Å². The van der Waals surface area contributed by atoms with E-state index >= 15 is 0 Å². The second-order valence-corrected chi connectivity index (χ2v) is 6.12. The number of fused-ring (bicyclic) bond motifs is 3. The van der Waals surface area contributed by atoms with E-state index in [4.69, 9.17) is 14.9 Å². The molecule has 2 aromatic rings. The van der Waals surface area contributed by atoms with E-state index in [1.807, 2.05) is 12.1 Å². The van der Waals surface area contributed by atoms with Crippen LogP contribution in [0.1, 0.15) is 30.7 Å². The first kappa shape index (κ1) is 14.6. The molecular weight excluding hydrogens is 304 g/mol. The van der Waals surface area contributed by atoms with Gasteiger partial charge in [-0.1, -0.05) is 24.3 Å². The maximum atomic E-state index is 12.7. The van der Waals surface area contributed by atoms with E-state index in [-0.39, 0.29) is 11.8 Å². The van der Waals surface area contributed by atoms with Gasteiger partial charge in [-0.05, 0) is 37.3 Å². The second kappa shape index (κ2) is 5.57. The summed E-state index contributed by atoms with van der Waals surface area (Å²) in [4.78, 5) is 12.7. The van der Waals surface area contributed by atoms with Crippen LogP contribution in [0.2, 0.25) is 0 Å². The number of ether oxygens (including phenoxy) is 1. The van der Waals surface area contributed by atoms with Crippen molar-refractivity contribution in [1.82, 2.24) is 0 Å². The Hall–Kier alpha value is -3.00. The molecule has 24 heavy (non-hydrogen) atoms. The molecule has 1 aliphatic heterocycles. The van der Waals surface area contributed by atoms with Crippen LogP contribution in [0.3, 0.4) is 0 Å². The normalized spacial score (nSPS) is 22.8. The monoisotopic (exact) mass is 320 g/mol. The smallest absolute Gasteiger partial charge is 0.343 e. The zero-order chi connectivity index (χ0) is 16.7. The standard InChI is InChI=1S/C19H16N2O3/c20-10-13-15(11-6-2-1-3-7-11)16-17(24-18(13)21)12-8-4-5-9-14(12)23-19(16)22/h2,4-6,8-9,11,15H,1,3,7,21H2/t11-,15+/m0/s1. The largest absolute Gasteiger partial charge is 0.439 e. The Morgan fingerprint density at radius 3 is 2.88 bits per heavy atom. The van der Waals surface area contributed by atoms with Crippen LogP contribution in [0, 0.1) is 17.2 Å². The second-order valence-electron chi connectivity index (χ2n) is 6.12. The maximum absolute atomic E-state index is 12.7. The first-order valence-electron chi connectivity index (χ1n) is 8.00. The van der Waals surface area contributed by atoms with E-state index in [2.05, 4.69) is 18.2 Å². The highest BCUT2D eigenvalue weighted by atomic mass is 16.5. The van der Waals surface area contributed by atoms with Gasteiger partial charge in [-0.2, -0.15) is 5.26 Å². The summed E-state index contributed by atoms with van der Waals surface area (Å²) in [5.41, 5.74) is 6.71. The lowest BCUT2D eigenvalue weighted by molar-refractivity contribution is 0.358. The molecule has 4 rings (SSSR count). The first-order chi connectivity index (χ1) is 11.7. The molecule has 0 radical (unpaired) electrons. The van der Waals surface area contributed by atoms with Crippen molar-refractivity contribution in [2.45, 2.75) is 25.2 Å². The number of nitrogens with zero attached hydrogens (tertiary/aromatic N) is 1. The van der Waals surface area contributed by atoms with E-state index in [1.54, 1.807) is 12.1 Å². The number of hydrogen-bond acceptors (Lipinski definition) is 5. The van der Waals surface area contributed by atoms with E-state index in [9.17, 15) is 10.1 Å². The fraction of sp³-hybridized carbons (Fsp3) is 0.263. The minimum Gasteiger partial charge on any atom is -0.439 e. The van der Waals surface area contributed by atoms with Gasteiger partial charge in [0.15, 0.2) is 5.75 Å². The number of nitrogens with two attached hydrogens (primary N) is 1. The number of allylic oxidation sites excluding steroid dienone is 3. The third-order valence-electron chi connectivity index (χ3n) is 4.74. The number of hydrogen-bond donors (Lipinski definition) is 1. The quantitative estimate of drug-likeness (QED) is 0.643. The molecule has 0 spiro atoms. The van der Waals surface area contributed by atoms with Crippen molar-refractivity contribution in [2.24, 2.45) is 11.7 Å². The van der Waals surface area contributed by atoms with Crippen LogP contribution in [0.4, 0.5) is 0 Å². The molecule has 1 aliphatic carbocycles. The summed E-state index contributed by atoms with van der Waals surface area (Å²) in [6.45, 7) is 0. The third kappa shape index (κ3) is 2.11. The van der Waals surface area contributed by atoms with E-state index in [0.717, 1.165) is 19.3 Å². The molecule has 0 bridgehead atoms. The van der Waals surface area contributed by atoms with Crippen LogP contribution in [0.15, 0.2) is 57.1 Å². The summed E-state index contributed by atoms with van der Waals surface area (Å²) in [5, 5.41) is 10.3. The SMILES string of the molecule is N#CC1=C(N)Oc2c(c(=O)oc3ccccc23)[C@@H]1[C@H]1C=CCCC1. The predicted molar refractivity (Wildman–Crippen MR) is 89.2 cm³/mol. The highest BCUT2D eigenvalue weighted by Gasteiger charge is 2.38. The average Bonchev–Trinajstić information content (AvgIpc) is 2.61. The lowest BCUT2D eigenvalue weighted by atomic mass is 9.75. The summed E-state index contributed by atoms with van der Waals surface area (Å²) in [5.74, 6) is 0.113. The van der Waals surface area contributed by atoms with Crippen LogP contribution in [0.25, 0.3) is 11.0 Å². The van der Waals surface area contributed by atoms with Crippen molar-refractivity contribution in [3.05, 3.63) is 63.9 Å². The maximum Gasteiger partial charge on any atom is 0.343 e. The van der Waals surface area contributed by atoms with Crippen molar-refractivity contribution in [1.29, 1.82) is 5.26 Å². The van der Waals surface area contributed by atoms with Gasteiger partial charge in [-0.3, -0.25) is 0 Å². The Morgan fingerprint density at radius 2 is 2.12 bits per heavy atom. The molecule has 0 unspecified atom stereocenters. The van der Waals surface area contributed by atoms with Crippen molar-refractivity contribution in [3.8, 4) is 11.8 Å². The Kier molecular flexibility index (Phi) is 3.39. The highest BCUT2D eigenvalue weighted by molar-refractivity contribution is 5.85. The van der Waals surface area contributed by atoms with Gasteiger partial charge >= 0.3 is 5.63 Å². The van der Waals surface area contributed by atoms with Gasteiger partial charge in [-0.15, -0.1) is 0 Å². The van der Waals surface area contributed by atoms with Crippen LogP contribution >= 0.6 is 0 Å². The van der Waals surface area contributed by atoms with Gasteiger partial charge < -0.3 is 14.9 Å². The van der Waals surface area contributed by atoms with Crippen LogP contribution in [0.5, 0.6) is 5.75 Å². The molecule has 0 fully saturated rings. The van der Waals surface area contributed by atoms with Crippen molar-refractivity contribution in [2.75, 3.05) is 0 Å². The van der Waals surface area contributed by atoms with Crippen molar-refractivity contribution >= 4 is 11.0 Å². The van der Waals surface area contributed by atoms with Crippen LogP contribution in [-0.2, 0) is 0 Å². The van der Waals surface area contributed by atoms with E-state index < -0.39 is 11.5 Å². The fourth-order valence-electron chi connectivity index (χ4n) is 3.65. The number of benzene rings is 1. The summed E-state index contributed by atoms with van der Waals surface area (Å²) < 4.78 is 11.2. The molecule has 2 N–H and O–H groups in total. The predicted octanol–water partition coefficient (Wildman–Crippen LogP) is 3.32. The minimum atomic E-state index is -0.465. The van der Waals surface area contributed by atoms with E-state index in [1.165, 1.54) is 0 Å². The zero-order valence-corrected chi connectivity index (χ0v) is 13.0. The lowest BCUT2D eigenvalue weighted by Crippen LogP contribution is -2.29. The minimum absolute atomic E-state index is 0.0404. The fourth-order valence-corrected chi connectivity index (χ4v) is 3.65. The van der Waals surface area contributed by atoms with Crippen molar-refractivity contribution < 1.29 is 9.15 Å². The van der Waals surface area contributed by atoms with Gasteiger partial charge in [0, 0.05) is 5.92 Å². The zero-order valence-electron chi connectivity index (χ0n) is 13.0. The summed E-state index contributed by atoms with van der Waals surface area (Å²) in [6.07, 6.45) is 7.09. The van der Waals surface area contributed by atoms with Gasteiger partial charge in [-0.25, -0.2) is 4.79 Å². The molecule has 5 heteroatoms. The van der Waals surface area contributed by atoms with Gasteiger partial charge in [0.25, 0.3) is 0 Å².